The highest BCUT2D eigenvalue weighted by Gasteiger charge is 2.15. The highest BCUT2D eigenvalue weighted by Crippen LogP contribution is 2.18. The molecule has 4 nitrogen and oxygen atoms in total. The van der Waals surface area contributed by atoms with Crippen molar-refractivity contribution in [2.45, 2.75) is 33.1 Å². The van der Waals surface area contributed by atoms with E-state index in [9.17, 15) is 18.4 Å². The molecule has 0 fully saturated rings. The van der Waals surface area contributed by atoms with Gasteiger partial charge in [0.05, 0.1) is 0 Å². The fraction of sp³-hybridized carbons (Fsp3) is 0.467. The van der Waals surface area contributed by atoms with Crippen molar-refractivity contribution in [3.05, 3.63) is 29.8 Å². The van der Waals surface area contributed by atoms with Gasteiger partial charge < -0.3 is 10.2 Å². The molecule has 0 saturated carbocycles. The summed E-state index contributed by atoms with van der Waals surface area (Å²) in [4.78, 5) is 24.5. The number of amides is 2. The molecule has 6 heteroatoms. The van der Waals surface area contributed by atoms with Gasteiger partial charge in [0.15, 0.2) is 11.6 Å². The second-order valence-corrected chi connectivity index (χ2v) is 4.72. The van der Waals surface area contributed by atoms with Crippen LogP contribution in [0.4, 0.5) is 14.5 Å². The predicted octanol–water partition coefficient (Wildman–Crippen LogP) is 2.62. The van der Waals surface area contributed by atoms with Crippen LogP contribution in [0.3, 0.4) is 0 Å². The molecule has 0 aromatic heterocycles. The van der Waals surface area contributed by atoms with Gasteiger partial charge in [0.1, 0.15) is 0 Å². The lowest BCUT2D eigenvalue weighted by Crippen LogP contribution is -2.34. The molecule has 0 atom stereocenters. The van der Waals surface area contributed by atoms with Gasteiger partial charge in [-0.2, -0.15) is 0 Å². The van der Waals surface area contributed by atoms with Crippen LogP contribution in [0, 0.1) is 11.6 Å². The minimum absolute atomic E-state index is 0.113. The van der Waals surface area contributed by atoms with Crippen LogP contribution in [0.15, 0.2) is 18.2 Å². The first-order valence-electron chi connectivity index (χ1n) is 6.95. The molecule has 2 amide bonds. The number of nitrogens with one attached hydrogen (secondary N) is 1. The number of hydrogen-bond acceptors (Lipinski definition) is 2. The Morgan fingerprint density at radius 1 is 1.24 bits per heavy atom. The number of anilines is 1. The van der Waals surface area contributed by atoms with E-state index in [4.69, 9.17) is 0 Å². The lowest BCUT2D eigenvalue weighted by Gasteiger charge is -2.21. The number of halogens is 2. The summed E-state index contributed by atoms with van der Waals surface area (Å²) in [5.41, 5.74) is 0.239. The van der Waals surface area contributed by atoms with Crippen LogP contribution >= 0.6 is 0 Å². The lowest BCUT2D eigenvalue weighted by molar-refractivity contribution is -0.121. The van der Waals surface area contributed by atoms with Gasteiger partial charge in [-0.25, -0.2) is 8.78 Å². The zero-order chi connectivity index (χ0) is 15.8. The molecule has 1 rings (SSSR count). The Morgan fingerprint density at radius 2 is 1.95 bits per heavy atom. The van der Waals surface area contributed by atoms with Gasteiger partial charge in [-0.05, 0) is 18.6 Å². The van der Waals surface area contributed by atoms with E-state index in [0.717, 1.165) is 25.0 Å². The molecule has 0 aliphatic rings. The van der Waals surface area contributed by atoms with Gasteiger partial charge in [-0.3, -0.25) is 9.59 Å². The van der Waals surface area contributed by atoms with Crippen molar-refractivity contribution >= 4 is 17.5 Å². The second kappa shape index (κ2) is 8.34. The van der Waals surface area contributed by atoms with E-state index in [1.165, 1.54) is 17.9 Å². The zero-order valence-corrected chi connectivity index (χ0v) is 12.3. The average Bonchev–Trinajstić information content (AvgIpc) is 2.43. The topological polar surface area (TPSA) is 49.4 Å². The molecule has 0 aliphatic heterocycles. The van der Waals surface area contributed by atoms with Crippen molar-refractivity contribution in [3.63, 3.8) is 0 Å². The Kier molecular flexibility index (Phi) is 6.78. The average molecular weight is 298 g/mol. The number of carbonyl (C=O) groups excluding carboxylic acids is 2. The molecular formula is C15H20F2N2O2. The van der Waals surface area contributed by atoms with E-state index >= 15 is 0 Å². The van der Waals surface area contributed by atoms with Crippen molar-refractivity contribution in [1.82, 2.24) is 5.32 Å². The second-order valence-electron chi connectivity index (χ2n) is 4.72. The predicted molar refractivity (Wildman–Crippen MR) is 76.9 cm³/mol. The third-order valence-corrected chi connectivity index (χ3v) is 3.01. The summed E-state index contributed by atoms with van der Waals surface area (Å²) in [5.74, 6) is -2.50. The molecule has 1 N–H and O–H groups in total. The van der Waals surface area contributed by atoms with Crippen molar-refractivity contribution in [2.24, 2.45) is 0 Å². The fourth-order valence-electron chi connectivity index (χ4n) is 1.83. The van der Waals surface area contributed by atoms with Crippen molar-refractivity contribution in [2.75, 3.05) is 18.0 Å². The number of nitrogens with zero attached hydrogens (tertiary/aromatic N) is 1. The van der Waals surface area contributed by atoms with Crippen LogP contribution in [0.5, 0.6) is 0 Å². The van der Waals surface area contributed by atoms with Crippen molar-refractivity contribution in [1.29, 1.82) is 0 Å². The van der Waals surface area contributed by atoms with E-state index in [0.29, 0.717) is 6.54 Å². The Labute approximate surface area is 123 Å². The minimum Gasteiger partial charge on any atom is -0.356 e. The first-order chi connectivity index (χ1) is 9.95. The van der Waals surface area contributed by atoms with Crippen LogP contribution in [-0.4, -0.2) is 24.9 Å². The van der Waals surface area contributed by atoms with Gasteiger partial charge >= 0.3 is 0 Å². The highest BCUT2D eigenvalue weighted by atomic mass is 19.2. The van der Waals surface area contributed by atoms with E-state index in [2.05, 4.69) is 5.32 Å². The van der Waals surface area contributed by atoms with E-state index < -0.39 is 11.6 Å². The number of benzene rings is 1. The maximum atomic E-state index is 13.2. The number of rotatable bonds is 7. The van der Waals surface area contributed by atoms with Crippen LogP contribution in [0.25, 0.3) is 0 Å². The lowest BCUT2D eigenvalue weighted by atomic mass is 10.2. The standard InChI is InChI=1S/C15H20F2N2O2/c1-3-4-8-18-15(21)7-9-19(11(2)20)12-5-6-13(16)14(17)10-12/h5-6,10H,3-4,7-9H2,1-2H3,(H,18,21). The smallest absolute Gasteiger partial charge is 0.223 e. The molecule has 1 aromatic rings. The van der Waals surface area contributed by atoms with Crippen LogP contribution in [0.1, 0.15) is 33.1 Å². The minimum atomic E-state index is -1.02. The Bertz CT molecular complexity index is 506. The molecule has 0 spiro atoms. The van der Waals surface area contributed by atoms with Gasteiger partial charge in [-0.1, -0.05) is 13.3 Å². The zero-order valence-electron chi connectivity index (χ0n) is 12.3. The van der Waals surface area contributed by atoms with E-state index in [1.807, 2.05) is 6.92 Å². The quantitative estimate of drug-likeness (QED) is 0.787. The SMILES string of the molecule is CCCCNC(=O)CCN(C(C)=O)c1ccc(F)c(F)c1. The summed E-state index contributed by atoms with van der Waals surface area (Å²) in [7, 11) is 0. The van der Waals surface area contributed by atoms with Crippen molar-refractivity contribution < 1.29 is 18.4 Å². The van der Waals surface area contributed by atoms with E-state index in [-0.39, 0.29) is 30.5 Å². The van der Waals surface area contributed by atoms with Crippen LogP contribution in [0.2, 0.25) is 0 Å². The monoisotopic (exact) mass is 298 g/mol. The highest BCUT2D eigenvalue weighted by molar-refractivity contribution is 5.92. The van der Waals surface area contributed by atoms with Gasteiger partial charge in [0.25, 0.3) is 0 Å². The summed E-state index contributed by atoms with van der Waals surface area (Å²) >= 11 is 0. The molecule has 21 heavy (non-hydrogen) atoms. The van der Waals surface area contributed by atoms with Gasteiger partial charge in [-0.15, -0.1) is 0 Å². The Hall–Kier alpha value is -1.98. The Balaban J connectivity index is 2.64. The van der Waals surface area contributed by atoms with Crippen LogP contribution in [-0.2, 0) is 9.59 Å². The molecule has 1 aromatic carbocycles. The summed E-state index contributed by atoms with van der Waals surface area (Å²) in [6, 6.07) is 3.22. The first kappa shape index (κ1) is 17.1. The van der Waals surface area contributed by atoms with Gasteiger partial charge in [0.2, 0.25) is 11.8 Å². The third-order valence-electron chi connectivity index (χ3n) is 3.01. The van der Waals surface area contributed by atoms with Gasteiger partial charge in [0, 0.05) is 38.2 Å². The third kappa shape index (κ3) is 5.49. The molecule has 0 heterocycles. The number of unbranched alkanes of at least 4 members (excludes halogenated alkanes) is 1. The largest absolute Gasteiger partial charge is 0.356 e. The summed E-state index contributed by atoms with van der Waals surface area (Å²) < 4.78 is 26.1. The molecule has 0 saturated heterocycles. The number of carbonyl (C=O) groups is 2. The summed E-state index contributed by atoms with van der Waals surface area (Å²) in [6.45, 7) is 4.06. The molecule has 0 radical (unpaired) electrons. The van der Waals surface area contributed by atoms with E-state index in [1.54, 1.807) is 0 Å². The normalized spacial score (nSPS) is 10.3. The molecule has 0 bridgehead atoms. The van der Waals surface area contributed by atoms with Crippen LogP contribution < -0.4 is 10.2 Å². The molecule has 116 valence electrons. The van der Waals surface area contributed by atoms with Crippen molar-refractivity contribution in [3.8, 4) is 0 Å². The molecule has 0 unspecified atom stereocenters. The maximum Gasteiger partial charge on any atom is 0.223 e. The first-order valence-corrected chi connectivity index (χ1v) is 6.95. The summed E-state index contributed by atoms with van der Waals surface area (Å²) in [6.07, 6.45) is 1.99. The molecule has 0 aliphatic carbocycles. The fourth-order valence-corrected chi connectivity index (χ4v) is 1.83. The summed E-state index contributed by atoms with van der Waals surface area (Å²) in [5, 5.41) is 2.74. The number of hydrogen-bond donors (Lipinski definition) is 1. The molecular weight excluding hydrogens is 278 g/mol. The Morgan fingerprint density at radius 3 is 2.52 bits per heavy atom. The maximum absolute atomic E-state index is 13.2.